The Balaban J connectivity index is 1.03. The van der Waals surface area contributed by atoms with Crippen LogP contribution in [0, 0.1) is 10.8 Å². The molecule has 0 spiro atoms. The van der Waals surface area contributed by atoms with E-state index >= 15 is 0 Å². The molecular weight excluding hydrogens is 1700 g/mol. The first-order valence-electron chi connectivity index (χ1n) is 39.8. The average Bonchev–Trinajstić information content (AvgIpc) is 1.58. The predicted molar refractivity (Wildman–Crippen MR) is 463 cm³/mol. The van der Waals surface area contributed by atoms with Crippen molar-refractivity contribution < 1.29 is 96.5 Å². The van der Waals surface area contributed by atoms with Crippen LogP contribution < -0.4 is 86.7 Å². The van der Waals surface area contributed by atoms with Crippen LogP contribution >= 0.6 is 46.8 Å². The maximum atomic E-state index is 14.7. The Morgan fingerprint density at radius 2 is 0.823 bits per heavy atom. The van der Waals surface area contributed by atoms with Crippen LogP contribution in [0.3, 0.4) is 0 Å². The van der Waals surface area contributed by atoms with Crippen molar-refractivity contribution >= 4 is 187 Å². The molecule has 2 aromatic heterocycles. The normalized spacial score (nSPS) is 15.4. The van der Waals surface area contributed by atoms with Crippen molar-refractivity contribution in [3.8, 4) is 0 Å². The van der Waals surface area contributed by atoms with Crippen LogP contribution in [0.1, 0.15) is 101 Å². The van der Waals surface area contributed by atoms with Crippen LogP contribution in [0.5, 0.6) is 0 Å². The van der Waals surface area contributed by atoms with Gasteiger partial charge in [0.05, 0.1) is 39.0 Å². The lowest BCUT2D eigenvalue weighted by molar-refractivity contribution is -0.146. The van der Waals surface area contributed by atoms with Gasteiger partial charge in [-0.05, 0) is 87.5 Å². The van der Waals surface area contributed by atoms with Gasteiger partial charge in [-0.3, -0.25) is 97.1 Å². The number of fused-ring (bicyclic) bond motifs is 2. The molecule has 2 aliphatic rings. The Morgan fingerprint density at radius 1 is 0.468 bits per heavy atom. The van der Waals surface area contributed by atoms with Gasteiger partial charge in [-0.25, -0.2) is 0 Å². The van der Waals surface area contributed by atoms with Gasteiger partial charge in [0.25, 0.3) is 0 Å². The van der Waals surface area contributed by atoms with E-state index in [1.54, 1.807) is 60.9 Å². The second-order valence-corrected chi connectivity index (χ2v) is 32.8. The summed E-state index contributed by atoms with van der Waals surface area (Å²) in [5, 5.41) is 66.3. The maximum Gasteiger partial charge on any atom is 0.305 e. The van der Waals surface area contributed by atoms with Crippen molar-refractivity contribution in [3.63, 3.8) is 0 Å². The van der Waals surface area contributed by atoms with Gasteiger partial charge in [-0.1, -0.05) is 58.0 Å². The van der Waals surface area contributed by atoms with Gasteiger partial charge >= 0.3 is 11.9 Å². The molecule has 6 rings (SSSR count). The SMILES string of the molecule is CN(CC(=O)N[C@@H](CS)C(N)=O)C(=O)[C@@H]1CCCN1C(=O)[C@H](Cc1c[nH]c2ccccc12)NC(=O)[C@H](CC(=O)O)NC(=O)CNC(=O)[C@H](CCCCNC(=N)N)NC(=O)CCSSCCC(=O)N[C@@H](CCCCNC(=N)N)C(=O)NCC(=O)N[C@@H](CC(=O)O)C(=O)N[C@@H](Cc1c[nH]c2ccccc12)C(=O)N1CCC[C@H]1C(=O)N(C)CC(=O)N[C@@H](CS)C(N)=O. The Kier molecular flexibility index (Phi) is 41.5. The van der Waals surface area contributed by atoms with Crippen LogP contribution in [0.25, 0.3) is 21.8 Å². The van der Waals surface area contributed by atoms with Crippen LogP contribution in [0.15, 0.2) is 60.9 Å². The number of likely N-dealkylation sites (N-methyl/N-ethyl adjacent to an activating group) is 2. The van der Waals surface area contributed by atoms with E-state index in [0.29, 0.717) is 58.6 Å². The van der Waals surface area contributed by atoms with Crippen molar-refractivity contribution in [1.29, 1.82) is 10.8 Å². The monoisotopic (exact) mass is 1810 g/mol. The number of likely N-dealkylation sites (tertiary alicyclic amines) is 2. The molecule has 48 heteroatoms. The number of carboxylic acids is 2. The number of nitrogens with two attached hydrogens (primary N) is 4. The second-order valence-electron chi connectivity index (χ2n) is 29.4. The highest BCUT2D eigenvalue weighted by molar-refractivity contribution is 8.76. The molecule has 16 amide bonds. The molecule has 4 heterocycles. The zero-order valence-corrected chi connectivity index (χ0v) is 71.8. The molecule has 0 unspecified atom stereocenters. The summed E-state index contributed by atoms with van der Waals surface area (Å²) in [7, 11) is 5.00. The highest BCUT2D eigenvalue weighted by Gasteiger charge is 2.43. The van der Waals surface area contributed by atoms with Gasteiger partial charge in [0, 0.05) is 123 Å². The van der Waals surface area contributed by atoms with Gasteiger partial charge in [-0.2, -0.15) is 25.3 Å². The number of H-pyrrole nitrogens is 2. The minimum absolute atomic E-state index is 0.00230. The summed E-state index contributed by atoms with van der Waals surface area (Å²) in [4.78, 5) is 252. The van der Waals surface area contributed by atoms with Crippen LogP contribution in [-0.2, 0) is 99.1 Å². The second kappa shape index (κ2) is 51.1. The van der Waals surface area contributed by atoms with Crippen molar-refractivity contribution in [2.24, 2.45) is 22.9 Å². The summed E-state index contributed by atoms with van der Waals surface area (Å²) in [6, 6.07) is 0.392. The number of aromatic nitrogens is 2. The number of nitrogens with zero attached hydrogens (tertiary/aromatic N) is 4. The zero-order chi connectivity index (χ0) is 91.3. The number of aliphatic carboxylic acids is 2. The molecule has 2 fully saturated rings. The van der Waals surface area contributed by atoms with Crippen LogP contribution in [0.4, 0.5) is 0 Å². The average molecular weight is 1810 g/mol. The first kappa shape index (κ1) is 101. The van der Waals surface area contributed by atoms with Gasteiger partial charge in [0.2, 0.25) is 94.5 Å². The fourth-order valence-electron chi connectivity index (χ4n) is 13.6. The number of carboxylic acid groups (broad SMARTS) is 2. The quantitative estimate of drug-likeness (QED) is 0.00645. The molecular formula is C76H110N24O20S4. The number of hydrogen-bond acceptors (Lipinski definition) is 24. The summed E-state index contributed by atoms with van der Waals surface area (Å²) in [6.07, 6.45) is 2.75. The van der Waals surface area contributed by atoms with Crippen LogP contribution in [-0.4, -0.2) is 308 Å². The number of primary amides is 2. The third kappa shape index (κ3) is 33.0. The highest BCUT2D eigenvalue weighted by atomic mass is 33.1. The number of rotatable bonds is 53. The van der Waals surface area contributed by atoms with E-state index in [0.717, 1.165) is 9.80 Å². The molecule has 0 aliphatic carbocycles. The summed E-state index contributed by atoms with van der Waals surface area (Å²) >= 11 is 8.05. The Bertz CT molecular complexity index is 4240. The lowest BCUT2D eigenvalue weighted by Gasteiger charge is -2.31. The molecule has 10 atom stereocenters. The third-order valence-corrected chi connectivity index (χ3v) is 23.0. The summed E-state index contributed by atoms with van der Waals surface area (Å²) in [5.41, 5.74) is 24.0. The Morgan fingerprint density at radius 3 is 1.17 bits per heavy atom. The molecule has 0 bridgehead atoms. The molecule has 678 valence electrons. The Labute approximate surface area is 731 Å². The molecule has 0 saturated carbocycles. The van der Waals surface area contributed by atoms with Gasteiger partial charge in [0.1, 0.15) is 60.4 Å². The number of para-hydroxylation sites is 2. The number of unbranched alkanes of at least 4 members (excludes halogenated alkanes) is 2. The maximum absolute atomic E-state index is 14.7. The van der Waals surface area contributed by atoms with E-state index in [9.17, 15) is 96.5 Å². The molecule has 44 nitrogen and oxygen atoms in total. The topological polar surface area (TPSA) is 688 Å². The molecule has 0 radical (unpaired) electrons. The van der Waals surface area contributed by atoms with E-state index in [-0.39, 0.29) is 125 Å². The molecule has 2 aliphatic heterocycles. The number of aromatic amines is 2. The number of nitrogens with one attached hydrogen (secondary N) is 16. The zero-order valence-electron chi connectivity index (χ0n) is 68.4. The van der Waals surface area contributed by atoms with E-state index in [2.05, 4.69) is 99.0 Å². The van der Waals surface area contributed by atoms with Gasteiger partial charge < -0.3 is 127 Å². The fraction of sp³-hybridized carbons (Fsp3) is 0.526. The molecule has 2 aromatic carbocycles. The minimum Gasteiger partial charge on any atom is -0.481 e. The van der Waals surface area contributed by atoms with Crippen molar-refractivity contribution in [2.45, 2.75) is 163 Å². The number of carbonyl (C=O) groups excluding carboxylic acids is 16. The number of thiol groups is 2. The third-order valence-electron chi connectivity index (χ3n) is 19.9. The van der Waals surface area contributed by atoms with Crippen molar-refractivity contribution in [1.82, 2.24) is 93.4 Å². The summed E-state index contributed by atoms with van der Waals surface area (Å²) in [5.74, 6) is -16.9. The van der Waals surface area contributed by atoms with E-state index in [1.165, 1.54) is 45.5 Å². The summed E-state index contributed by atoms with van der Waals surface area (Å²) < 4.78 is 0. The smallest absolute Gasteiger partial charge is 0.305 e. The van der Waals surface area contributed by atoms with Gasteiger partial charge in [0.15, 0.2) is 11.9 Å². The van der Waals surface area contributed by atoms with E-state index in [4.69, 9.17) is 33.8 Å². The first-order valence-corrected chi connectivity index (χ1v) is 43.5. The number of benzene rings is 2. The number of guanidine groups is 2. The van der Waals surface area contributed by atoms with E-state index in [1.807, 2.05) is 0 Å². The first-order chi connectivity index (χ1) is 59.0. The fourth-order valence-corrected chi connectivity index (χ4v) is 16.2. The number of hydrogen-bond donors (Lipinski definition) is 24. The minimum atomic E-state index is -1.85. The highest BCUT2D eigenvalue weighted by Crippen LogP contribution is 2.28. The van der Waals surface area contributed by atoms with Gasteiger partial charge in [-0.15, -0.1) is 0 Å². The molecule has 2 saturated heterocycles. The summed E-state index contributed by atoms with van der Waals surface area (Å²) in [6.45, 7) is -2.21. The van der Waals surface area contributed by atoms with E-state index < -0.39 is 206 Å². The lowest BCUT2D eigenvalue weighted by Crippen LogP contribution is -2.58. The standard InChI is InChI=1S/C76H110N24O20S4/c1-97(37-61(105)93-53(39-121)65(77)111)73(119)55-19-11-25-99(55)71(117)51(29-41-33-85-45-15-5-3-13-43(41)45)95-69(115)49(31-63(107)108)91-59(103)35-87-67(113)47(17-7-9-23-83-75(79)80)89-57(101)21-27-123-124-28-22-58(102)90-48(18-8-10-24-84-76(81)82)68(114)88-36-60(104)92-50(32-64(109)110)70(116)96-52(30-42-34-86-46-16-6-4-14-44(42)46)72(118)100-26-12-20-56(100)74(120)98(2)38-62(106)94-54(40-122)66(78)112/h3-6,13-16,33-34,47-56,85-86,121-122H,7-12,17-32,35-40H2,1-2H3,(H2,77,111)(H2,78,112)(H,87,113)(H,88,114)(H,89,101)(H,90,102)(H,91,103)(H,92,104)(H,93,105)(H,94,106)(H,95,115)(H,96,116)(H,107,108)(H,109,110)(H4,79,80,83)(H4,81,82,84)/t47-,48-,49-,50-,51-,52-,53-,54-,55-,56-/m0/s1. The van der Waals surface area contributed by atoms with Crippen molar-refractivity contribution in [2.75, 3.05) is 89.5 Å². The Hall–Kier alpha value is -12.1. The molecule has 4 aromatic rings. The number of amides is 16. The van der Waals surface area contributed by atoms with Crippen LogP contribution in [0.2, 0.25) is 0 Å². The lowest BCUT2D eigenvalue weighted by atomic mass is 10.0. The predicted octanol–water partition coefficient (Wildman–Crippen LogP) is -5.31. The largest absolute Gasteiger partial charge is 0.481 e. The number of carbonyl (C=O) groups is 18. The molecule has 124 heavy (non-hydrogen) atoms. The van der Waals surface area contributed by atoms with Crippen molar-refractivity contribution in [3.05, 3.63) is 72.1 Å². The molecule has 26 N–H and O–H groups in total.